The van der Waals surface area contributed by atoms with Gasteiger partial charge in [0.2, 0.25) is 11.8 Å². The van der Waals surface area contributed by atoms with Crippen LogP contribution >= 0.6 is 0 Å². The van der Waals surface area contributed by atoms with E-state index in [-0.39, 0.29) is 0 Å². The molecule has 0 aromatic heterocycles. The fourth-order valence-electron chi connectivity index (χ4n) is 9.25. The summed E-state index contributed by atoms with van der Waals surface area (Å²) in [5, 5.41) is 187. The number of aliphatic hydroxyl groups is 17. The molecule has 2 amide bonds. The van der Waals surface area contributed by atoms with Crippen LogP contribution in [-0.4, -0.2) is 316 Å². The van der Waals surface area contributed by atoms with E-state index in [9.17, 15) is 96.4 Å². The van der Waals surface area contributed by atoms with Crippen molar-refractivity contribution in [2.45, 2.75) is 205 Å². The molecule has 0 aromatic rings. The molecule has 6 aliphatic heterocycles. The second-order valence-corrected chi connectivity index (χ2v) is 18.2. The molecule has 6 rings (SSSR count). The standard InChI is InChI=1S/C40H68N2O30/c1-9-19(50)24(55)26(57)38(62-9)70-32-18(42-11(3)49)37(67-16(8-47)31(32)69-39-27(58)25(56)20(51)12(4-43)64-39)72-34-22(53)14(6-45)65-40(29(34)60)68-30-15(7-46)66-36(17(23(30)54)41-10(2)48)71-33-21(52)13(5-44)63-35(61)28(33)59/h9,12-40,43-47,50-61H,4-8H2,1-3H3,(H,41,48)(H,42,49)/t9-,12+,13+,14+,15+,16+,17+,18+,19+,20-,21-,22-,23+,24+,25-,26-,27+,28+,29+,30+,31+,32+,33-,34-,35+,36-,37-,38-,39-,40-/m0/s1. The minimum absolute atomic E-state index is 0.817. The summed E-state index contributed by atoms with van der Waals surface area (Å²) in [6.45, 7) is -1.56. The monoisotopic (exact) mass is 1060 g/mol. The summed E-state index contributed by atoms with van der Waals surface area (Å²) in [5.41, 5.74) is 0. The van der Waals surface area contributed by atoms with Crippen molar-refractivity contribution in [2.75, 3.05) is 33.0 Å². The molecule has 32 nitrogen and oxygen atoms in total. The lowest BCUT2D eigenvalue weighted by atomic mass is 9.93. The van der Waals surface area contributed by atoms with Crippen molar-refractivity contribution < 1.29 is 149 Å². The smallest absolute Gasteiger partial charge is 0.217 e. The van der Waals surface area contributed by atoms with Crippen molar-refractivity contribution in [3.8, 4) is 0 Å². The fraction of sp³-hybridized carbons (Fsp3) is 0.950. The molecule has 19 N–H and O–H groups in total. The summed E-state index contributed by atoms with van der Waals surface area (Å²) in [6.07, 6.45) is -52.5. The van der Waals surface area contributed by atoms with Gasteiger partial charge in [-0.3, -0.25) is 9.59 Å². The lowest BCUT2D eigenvalue weighted by Gasteiger charge is -2.52. The van der Waals surface area contributed by atoms with E-state index in [0.29, 0.717) is 0 Å². The van der Waals surface area contributed by atoms with Crippen molar-refractivity contribution >= 4 is 11.8 Å². The van der Waals surface area contributed by atoms with Crippen LogP contribution in [0.5, 0.6) is 0 Å². The van der Waals surface area contributed by atoms with Gasteiger partial charge in [-0.05, 0) is 6.92 Å². The second kappa shape index (κ2) is 25.3. The topological polar surface area (TPSA) is 504 Å². The number of amides is 2. The molecule has 6 heterocycles. The SMILES string of the molecule is CC(=O)N[C@H]1[C@H](O[C@@H]2[C@@H](O)[C@H](O)O[C@H](CO)[C@@H]2O)O[C@H](CO)[C@@H](O[C@@H]2O[C@H](CO)[C@H](O)[C@H](O[C@@H]3O[C@H](CO)[C@@H](O[C@@H]4O[C@H](CO)[C@H](O)[C@H](O)[C@H]4O)[C@H](O[C@@H]4O[C@@H](C)[C@@H](O)[C@@H](O)[C@@H]4O)[C@H]3NC(C)=O)[C@H]2O)[C@@H]1O. The normalized spacial score (nSPS) is 50.3. The maximum atomic E-state index is 13.0. The Morgan fingerprint density at radius 3 is 1.26 bits per heavy atom. The number of aliphatic hydroxyl groups excluding tert-OH is 17. The van der Waals surface area contributed by atoms with Crippen molar-refractivity contribution in [3.05, 3.63) is 0 Å². The number of rotatable bonds is 17. The quantitative estimate of drug-likeness (QED) is 0.0643. The molecule has 0 unspecified atom stereocenters. The Bertz CT molecular complexity index is 1730. The van der Waals surface area contributed by atoms with Crippen LogP contribution in [0.1, 0.15) is 20.8 Å². The predicted molar refractivity (Wildman–Crippen MR) is 221 cm³/mol. The van der Waals surface area contributed by atoms with Crippen LogP contribution in [0.15, 0.2) is 0 Å². The lowest BCUT2D eigenvalue weighted by Crippen LogP contribution is -2.71. The van der Waals surface area contributed by atoms with Gasteiger partial charge in [-0.25, -0.2) is 0 Å². The molecule has 418 valence electrons. The third kappa shape index (κ3) is 12.5. The van der Waals surface area contributed by atoms with Gasteiger partial charge in [-0.15, -0.1) is 0 Å². The van der Waals surface area contributed by atoms with Crippen LogP contribution in [0.2, 0.25) is 0 Å². The zero-order chi connectivity index (χ0) is 53.2. The molecule has 6 aliphatic rings. The third-order valence-electron chi connectivity index (χ3n) is 13.2. The lowest BCUT2D eigenvalue weighted by molar-refractivity contribution is -0.391. The Balaban J connectivity index is 1.30. The van der Waals surface area contributed by atoms with Gasteiger partial charge in [0.25, 0.3) is 0 Å². The second-order valence-electron chi connectivity index (χ2n) is 18.2. The van der Waals surface area contributed by atoms with E-state index in [1.165, 1.54) is 6.92 Å². The van der Waals surface area contributed by atoms with Crippen molar-refractivity contribution in [1.29, 1.82) is 0 Å². The third-order valence-corrected chi connectivity index (χ3v) is 13.2. The number of hydrogen-bond acceptors (Lipinski definition) is 30. The van der Waals surface area contributed by atoms with Gasteiger partial charge in [0, 0.05) is 13.8 Å². The Labute approximate surface area is 408 Å². The summed E-state index contributed by atoms with van der Waals surface area (Å²) in [5.74, 6) is -1.69. The number of carbonyl (C=O) groups excluding carboxylic acids is 2. The van der Waals surface area contributed by atoms with Gasteiger partial charge >= 0.3 is 0 Å². The highest BCUT2D eigenvalue weighted by molar-refractivity contribution is 5.73. The molecule has 0 radical (unpaired) electrons. The molecule has 0 aliphatic carbocycles. The molecule has 72 heavy (non-hydrogen) atoms. The van der Waals surface area contributed by atoms with Crippen LogP contribution in [0.3, 0.4) is 0 Å². The highest BCUT2D eigenvalue weighted by Crippen LogP contribution is 2.38. The maximum Gasteiger partial charge on any atom is 0.217 e. The van der Waals surface area contributed by atoms with E-state index in [4.69, 9.17) is 52.1 Å². The molecule has 6 fully saturated rings. The number of nitrogens with one attached hydrogen (secondary N) is 2. The summed E-state index contributed by atoms with van der Waals surface area (Å²) >= 11 is 0. The molecule has 0 bridgehead atoms. The number of ether oxygens (including phenoxy) is 11. The highest BCUT2D eigenvalue weighted by atomic mass is 16.8. The summed E-state index contributed by atoms with van der Waals surface area (Å²) in [7, 11) is 0. The average molecular weight is 1060 g/mol. The Kier molecular flexibility index (Phi) is 20.8. The highest BCUT2D eigenvalue weighted by Gasteiger charge is 2.59. The summed E-state index contributed by atoms with van der Waals surface area (Å²) < 4.78 is 63.6. The molecule has 6 saturated heterocycles. The van der Waals surface area contributed by atoms with Gasteiger partial charge in [-0.2, -0.15) is 0 Å². The van der Waals surface area contributed by atoms with Gasteiger partial charge in [0.1, 0.15) is 140 Å². The van der Waals surface area contributed by atoms with Crippen molar-refractivity contribution in [2.24, 2.45) is 0 Å². The van der Waals surface area contributed by atoms with E-state index in [2.05, 4.69) is 10.6 Å². The van der Waals surface area contributed by atoms with E-state index < -0.39 is 229 Å². The van der Waals surface area contributed by atoms with Crippen LogP contribution in [0.4, 0.5) is 0 Å². The Morgan fingerprint density at radius 1 is 0.361 bits per heavy atom. The van der Waals surface area contributed by atoms with E-state index in [1.807, 2.05) is 0 Å². The molecule has 30 atom stereocenters. The van der Waals surface area contributed by atoms with Gasteiger partial charge in [0.15, 0.2) is 37.7 Å². The molecular formula is C40H68N2O30. The average Bonchev–Trinajstić information content (AvgIpc) is 3.34. The first-order valence-corrected chi connectivity index (χ1v) is 23.0. The first-order chi connectivity index (χ1) is 34.0. The zero-order valence-electron chi connectivity index (χ0n) is 38.8. The number of hydrogen-bond donors (Lipinski definition) is 19. The first-order valence-electron chi connectivity index (χ1n) is 23.0. The van der Waals surface area contributed by atoms with Gasteiger partial charge < -0.3 is 150 Å². The molecule has 0 saturated carbocycles. The van der Waals surface area contributed by atoms with Crippen molar-refractivity contribution in [3.63, 3.8) is 0 Å². The van der Waals surface area contributed by atoms with Crippen LogP contribution in [-0.2, 0) is 61.7 Å². The van der Waals surface area contributed by atoms with Gasteiger partial charge in [0.05, 0.1) is 39.1 Å². The van der Waals surface area contributed by atoms with Crippen LogP contribution < -0.4 is 10.6 Å². The molecular weight excluding hydrogens is 988 g/mol. The minimum Gasteiger partial charge on any atom is -0.394 e. The minimum atomic E-state index is -2.25. The first kappa shape index (κ1) is 59.1. The van der Waals surface area contributed by atoms with E-state index in [1.54, 1.807) is 0 Å². The van der Waals surface area contributed by atoms with Crippen molar-refractivity contribution in [1.82, 2.24) is 10.6 Å². The van der Waals surface area contributed by atoms with E-state index in [0.717, 1.165) is 13.8 Å². The largest absolute Gasteiger partial charge is 0.394 e. The summed E-state index contributed by atoms with van der Waals surface area (Å²) in [6, 6.07) is -3.53. The van der Waals surface area contributed by atoms with E-state index >= 15 is 0 Å². The zero-order valence-corrected chi connectivity index (χ0v) is 38.8. The molecule has 0 spiro atoms. The number of carbonyl (C=O) groups is 2. The fourth-order valence-corrected chi connectivity index (χ4v) is 9.25. The van der Waals surface area contributed by atoms with Crippen LogP contribution in [0.25, 0.3) is 0 Å². The Morgan fingerprint density at radius 2 is 0.736 bits per heavy atom. The van der Waals surface area contributed by atoms with Crippen LogP contribution in [0, 0.1) is 0 Å². The Hall–Kier alpha value is -2.18. The predicted octanol–water partition coefficient (Wildman–Crippen LogP) is -12.8. The summed E-state index contributed by atoms with van der Waals surface area (Å²) in [4.78, 5) is 25.4. The maximum absolute atomic E-state index is 13.0. The molecule has 0 aromatic carbocycles. The molecule has 32 heteroatoms. The van der Waals surface area contributed by atoms with Gasteiger partial charge in [-0.1, -0.05) is 0 Å².